The second kappa shape index (κ2) is 12.3. The van der Waals surface area contributed by atoms with Crippen molar-refractivity contribution in [3.63, 3.8) is 0 Å². The quantitative estimate of drug-likeness (QED) is 0.240. The van der Waals surface area contributed by atoms with Crippen molar-refractivity contribution >= 4 is 46.6 Å². The zero-order valence-electron chi connectivity index (χ0n) is 22.5. The molecule has 1 unspecified atom stereocenters. The van der Waals surface area contributed by atoms with E-state index in [-0.39, 0.29) is 12.2 Å². The standard InChI is InChI=1S/C31H26Cl2N2O5S/c1-4-39-25-15-19(11-13-24(25)40-17-20-10-12-22(32)23(33)14-20)16-26-29(36)35-28(21-8-6-5-7-9-21)27(30(37)38-3)18(2)34-31(35)41-26/h5-16,28H,4,17H2,1-3H3. The van der Waals surface area contributed by atoms with E-state index >= 15 is 0 Å². The molecule has 0 N–H and O–H groups in total. The van der Waals surface area contributed by atoms with Crippen molar-refractivity contribution in [1.29, 1.82) is 0 Å². The van der Waals surface area contributed by atoms with Gasteiger partial charge in [0.1, 0.15) is 6.61 Å². The van der Waals surface area contributed by atoms with Crippen LogP contribution in [0.5, 0.6) is 11.5 Å². The molecule has 0 saturated heterocycles. The number of hydrogen-bond acceptors (Lipinski definition) is 7. The second-order valence-corrected chi connectivity index (χ2v) is 11.0. The van der Waals surface area contributed by atoms with Crippen LogP contribution in [0, 0.1) is 0 Å². The Bertz CT molecular complexity index is 1830. The number of esters is 1. The van der Waals surface area contributed by atoms with Gasteiger partial charge in [-0.2, -0.15) is 0 Å². The van der Waals surface area contributed by atoms with Crippen molar-refractivity contribution in [2.75, 3.05) is 13.7 Å². The summed E-state index contributed by atoms with van der Waals surface area (Å²) in [7, 11) is 1.32. The smallest absolute Gasteiger partial charge is 0.338 e. The van der Waals surface area contributed by atoms with Crippen molar-refractivity contribution in [2.24, 2.45) is 4.99 Å². The number of benzene rings is 3. The predicted octanol–water partition coefficient (Wildman–Crippen LogP) is 5.69. The number of halogens is 2. The van der Waals surface area contributed by atoms with Crippen molar-refractivity contribution in [3.05, 3.63) is 124 Å². The number of ether oxygens (including phenoxy) is 3. The van der Waals surface area contributed by atoms with Crippen LogP contribution in [0.4, 0.5) is 0 Å². The molecule has 41 heavy (non-hydrogen) atoms. The van der Waals surface area contributed by atoms with E-state index in [0.717, 1.165) is 16.7 Å². The summed E-state index contributed by atoms with van der Waals surface area (Å²) in [5.41, 5.74) is 2.99. The van der Waals surface area contributed by atoms with Crippen molar-refractivity contribution in [1.82, 2.24) is 4.57 Å². The minimum atomic E-state index is -0.654. The highest BCUT2D eigenvalue weighted by Gasteiger charge is 2.32. The van der Waals surface area contributed by atoms with Gasteiger partial charge >= 0.3 is 5.97 Å². The zero-order valence-corrected chi connectivity index (χ0v) is 24.8. The number of rotatable bonds is 8. The fourth-order valence-corrected chi connectivity index (χ4v) is 5.95. The summed E-state index contributed by atoms with van der Waals surface area (Å²) in [5.74, 6) is 0.575. The first kappa shape index (κ1) is 28.7. The number of aromatic nitrogens is 1. The maximum Gasteiger partial charge on any atom is 0.338 e. The molecule has 1 aromatic heterocycles. The number of fused-ring (bicyclic) bond motifs is 1. The topological polar surface area (TPSA) is 79.1 Å². The van der Waals surface area contributed by atoms with E-state index in [1.54, 1.807) is 35.8 Å². The van der Waals surface area contributed by atoms with Gasteiger partial charge in [-0.3, -0.25) is 9.36 Å². The molecule has 2 heterocycles. The number of hydrogen-bond donors (Lipinski definition) is 0. The number of methoxy groups -OCH3 is 1. The van der Waals surface area contributed by atoms with Crippen molar-refractivity contribution in [2.45, 2.75) is 26.5 Å². The van der Waals surface area contributed by atoms with E-state index in [4.69, 9.17) is 37.4 Å². The Hall–Kier alpha value is -3.85. The molecule has 4 aromatic rings. The summed E-state index contributed by atoms with van der Waals surface area (Å²) in [5, 5.41) is 0.935. The van der Waals surface area contributed by atoms with Gasteiger partial charge in [0.25, 0.3) is 5.56 Å². The third-order valence-corrected chi connectivity index (χ3v) is 8.21. The van der Waals surface area contributed by atoms with Crippen LogP contribution in [0.15, 0.2) is 87.8 Å². The van der Waals surface area contributed by atoms with Crippen LogP contribution in [-0.2, 0) is 16.1 Å². The van der Waals surface area contributed by atoms with E-state index in [1.165, 1.54) is 18.4 Å². The average molecular weight is 610 g/mol. The lowest BCUT2D eigenvalue weighted by atomic mass is 9.96. The molecule has 5 rings (SSSR count). The van der Waals surface area contributed by atoms with Crippen LogP contribution in [0.25, 0.3) is 6.08 Å². The van der Waals surface area contributed by atoms with Crippen LogP contribution < -0.4 is 24.4 Å². The van der Waals surface area contributed by atoms with Gasteiger partial charge in [-0.1, -0.05) is 77.0 Å². The van der Waals surface area contributed by atoms with Crippen LogP contribution >= 0.6 is 34.5 Å². The molecule has 1 aliphatic heterocycles. The molecule has 0 spiro atoms. The number of nitrogens with zero attached hydrogens (tertiary/aromatic N) is 2. The maximum atomic E-state index is 13.8. The molecule has 7 nitrogen and oxygen atoms in total. The monoisotopic (exact) mass is 608 g/mol. The molecule has 3 aromatic carbocycles. The average Bonchev–Trinajstić information content (AvgIpc) is 3.27. The molecule has 0 bridgehead atoms. The van der Waals surface area contributed by atoms with E-state index in [0.29, 0.717) is 48.8 Å². The Balaban J connectivity index is 1.53. The molecular formula is C31H26Cl2N2O5S. The lowest BCUT2D eigenvalue weighted by Crippen LogP contribution is -2.39. The Kier molecular flexibility index (Phi) is 8.63. The van der Waals surface area contributed by atoms with Gasteiger partial charge in [0.05, 0.1) is 45.6 Å². The Morgan fingerprint density at radius 3 is 2.51 bits per heavy atom. The highest BCUT2D eigenvalue weighted by molar-refractivity contribution is 7.07. The van der Waals surface area contributed by atoms with E-state index in [2.05, 4.69) is 4.99 Å². The number of thiazole rings is 1. The molecule has 0 fully saturated rings. The summed E-state index contributed by atoms with van der Waals surface area (Å²) in [6.45, 7) is 4.35. The lowest BCUT2D eigenvalue weighted by molar-refractivity contribution is -0.136. The van der Waals surface area contributed by atoms with Crippen molar-refractivity contribution in [3.8, 4) is 11.5 Å². The second-order valence-electron chi connectivity index (χ2n) is 9.16. The SMILES string of the molecule is CCOc1cc(C=c2sc3n(c2=O)C(c2ccccc2)C(C(=O)OC)=C(C)N=3)ccc1OCc1ccc(Cl)c(Cl)c1. The minimum Gasteiger partial charge on any atom is -0.490 e. The van der Waals surface area contributed by atoms with Crippen molar-refractivity contribution < 1.29 is 19.0 Å². The number of carbonyl (C=O) groups is 1. The first-order valence-electron chi connectivity index (χ1n) is 12.8. The van der Waals surface area contributed by atoms with Crippen LogP contribution in [0.3, 0.4) is 0 Å². The molecule has 0 amide bonds. The third kappa shape index (κ3) is 5.95. The van der Waals surface area contributed by atoms with Gasteiger partial charge in [0.2, 0.25) is 0 Å². The molecular weight excluding hydrogens is 583 g/mol. The van der Waals surface area contributed by atoms with E-state index in [9.17, 15) is 9.59 Å². The lowest BCUT2D eigenvalue weighted by Gasteiger charge is -2.24. The predicted molar refractivity (Wildman–Crippen MR) is 161 cm³/mol. The van der Waals surface area contributed by atoms with Crippen LogP contribution in [0.1, 0.15) is 36.6 Å². The Labute approximate surface area is 250 Å². The highest BCUT2D eigenvalue weighted by Crippen LogP contribution is 2.32. The first-order valence-corrected chi connectivity index (χ1v) is 14.4. The van der Waals surface area contributed by atoms with Gasteiger partial charge < -0.3 is 14.2 Å². The largest absolute Gasteiger partial charge is 0.490 e. The molecule has 210 valence electrons. The molecule has 1 aliphatic rings. The third-order valence-electron chi connectivity index (χ3n) is 6.49. The minimum absolute atomic E-state index is 0.255. The molecule has 1 atom stereocenters. The van der Waals surface area contributed by atoms with E-state index < -0.39 is 12.0 Å². The maximum absolute atomic E-state index is 13.8. The Morgan fingerprint density at radius 2 is 1.80 bits per heavy atom. The van der Waals surface area contributed by atoms with Gasteiger partial charge in [0, 0.05) is 0 Å². The van der Waals surface area contributed by atoms with E-state index in [1.807, 2.05) is 55.5 Å². The fourth-order valence-electron chi connectivity index (χ4n) is 4.59. The van der Waals surface area contributed by atoms with Gasteiger partial charge in [-0.15, -0.1) is 0 Å². The molecule has 0 aliphatic carbocycles. The number of carbonyl (C=O) groups excluding carboxylic acids is 1. The zero-order chi connectivity index (χ0) is 29.1. The normalized spacial score (nSPS) is 14.9. The fraction of sp³-hybridized carbons (Fsp3) is 0.194. The molecule has 10 heteroatoms. The summed E-state index contributed by atoms with van der Waals surface area (Å²) in [6.07, 6.45) is 1.79. The van der Waals surface area contributed by atoms with Gasteiger partial charge in [-0.05, 0) is 60.9 Å². The Morgan fingerprint density at radius 1 is 1.02 bits per heavy atom. The summed E-state index contributed by atoms with van der Waals surface area (Å²) < 4.78 is 19.0. The van der Waals surface area contributed by atoms with Gasteiger partial charge in [-0.25, -0.2) is 9.79 Å². The summed E-state index contributed by atoms with van der Waals surface area (Å²) in [4.78, 5) is 31.7. The summed E-state index contributed by atoms with van der Waals surface area (Å²) >= 11 is 13.4. The molecule has 0 radical (unpaired) electrons. The number of allylic oxidation sites excluding steroid dienone is 1. The van der Waals surface area contributed by atoms with Gasteiger partial charge in [0.15, 0.2) is 16.3 Å². The highest BCUT2D eigenvalue weighted by atomic mass is 35.5. The van der Waals surface area contributed by atoms with Crippen LogP contribution in [-0.4, -0.2) is 24.3 Å². The first-order chi connectivity index (χ1) is 19.8. The summed E-state index contributed by atoms with van der Waals surface area (Å²) in [6, 6.07) is 19.5. The van der Waals surface area contributed by atoms with Crippen LogP contribution in [0.2, 0.25) is 10.0 Å². The molecule has 0 saturated carbocycles.